The highest BCUT2D eigenvalue weighted by Gasteiger charge is 2.14. The topological polar surface area (TPSA) is 105 Å². The van der Waals surface area contributed by atoms with E-state index in [4.69, 9.17) is 0 Å². The van der Waals surface area contributed by atoms with E-state index in [1.54, 1.807) is 42.5 Å². The summed E-state index contributed by atoms with van der Waals surface area (Å²) in [5.41, 5.74) is 2.32. The number of hydrogen-bond acceptors (Lipinski definition) is 6. The van der Waals surface area contributed by atoms with Gasteiger partial charge in [0.05, 0.1) is 11.1 Å². The summed E-state index contributed by atoms with van der Waals surface area (Å²) in [5, 5.41) is 10.4. The van der Waals surface area contributed by atoms with E-state index < -0.39 is 9.84 Å². The first-order valence-electron chi connectivity index (χ1n) is 9.14. The van der Waals surface area contributed by atoms with Gasteiger partial charge in [-0.3, -0.25) is 4.79 Å². The number of rotatable bonds is 6. The van der Waals surface area contributed by atoms with Crippen LogP contribution in [0.3, 0.4) is 0 Å². The number of benzene rings is 2. The standard InChI is InChI=1S/C21H19N5O3S/c1-30(28,29)17-9-5-6-15(12-17)13-22-19-10-11-20-23-14-18(26(20)25-19)21(27)24-16-7-3-2-4-8-16/h2-12,14H,13H2,1H3,(H,22,25)(H,24,27). The van der Waals surface area contributed by atoms with Crippen molar-refractivity contribution in [3.8, 4) is 0 Å². The number of nitrogens with zero attached hydrogens (tertiary/aromatic N) is 3. The van der Waals surface area contributed by atoms with E-state index in [-0.39, 0.29) is 10.8 Å². The third-order valence-electron chi connectivity index (χ3n) is 4.43. The highest BCUT2D eigenvalue weighted by Crippen LogP contribution is 2.15. The Balaban J connectivity index is 1.54. The summed E-state index contributed by atoms with van der Waals surface area (Å²) >= 11 is 0. The van der Waals surface area contributed by atoms with Crippen LogP contribution in [-0.2, 0) is 16.4 Å². The third kappa shape index (κ3) is 4.31. The minimum atomic E-state index is -3.27. The Hall–Kier alpha value is -3.72. The molecule has 2 aromatic carbocycles. The van der Waals surface area contributed by atoms with Crippen molar-refractivity contribution in [3.63, 3.8) is 0 Å². The molecule has 0 aliphatic rings. The fourth-order valence-electron chi connectivity index (χ4n) is 2.92. The number of fused-ring (bicyclic) bond motifs is 1. The molecule has 0 aliphatic heterocycles. The number of carbonyl (C=O) groups excluding carboxylic acids is 1. The maximum absolute atomic E-state index is 12.6. The number of hydrogen-bond donors (Lipinski definition) is 2. The SMILES string of the molecule is CS(=O)(=O)c1cccc(CNc2ccc3ncc(C(=O)Nc4ccccc4)n3n2)c1. The van der Waals surface area contributed by atoms with Crippen LogP contribution < -0.4 is 10.6 Å². The van der Waals surface area contributed by atoms with Crippen molar-refractivity contribution in [2.75, 3.05) is 16.9 Å². The number of amides is 1. The Bertz CT molecular complexity index is 1320. The number of sulfone groups is 1. The summed E-state index contributed by atoms with van der Waals surface area (Å²) in [5.74, 6) is 0.207. The molecule has 1 amide bonds. The molecule has 0 fully saturated rings. The molecule has 8 nitrogen and oxygen atoms in total. The van der Waals surface area contributed by atoms with E-state index in [2.05, 4.69) is 20.7 Å². The predicted molar refractivity (Wildman–Crippen MR) is 114 cm³/mol. The van der Waals surface area contributed by atoms with Gasteiger partial charge in [0.2, 0.25) is 0 Å². The summed E-state index contributed by atoms with van der Waals surface area (Å²) in [6.07, 6.45) is 2.65. The van der Waals surface area contributed by atoms with Gasteiger partial charge in [-0.25, -0.2) is 17.9 Å². The maximum Gasteiger partial charge on any atom is 0.276 e. The molecule has 0 atom stereocenters. The van der Waals surface area contributed by atoms with Crippen LogP contribution in [-0.4, -0.2) is 35.2 Å². The van der Waals surface area contributed by atoms with Crippen LogP contribution in [0.1, 0.15) is 16.1 Å². The van der Waals surface area contributed by atoms with Crippen LogP contribution in [0.5, 0.6) is 0 Å². The minimum Gasteiger partial charge on any atom is -0.365 e. The molecule has 4 aromatic rings. The highest BCUT2D eigenvalue weighted by molar-refractivity contribution is 7.90. The summed E-state index contributed by atoms with van der Waals surface area (Å²) in [6, 6.07) is 19.4. The lowest BCUT2D eigenvalue weighted by molar-refractivity contribution is 0.102. The fourth-order valence-corrected chi connectivity index (χ4v) is 3.61. The fraction of sp³-hybridized carbons (Fsp3) is 0.0952. The minimum absolute atomic E-state index is 0.264. The van der Waals surface area contributed by atoms with E-state index in [9.17, 15) is 13.2 Å². The van der Waals surface area contributed by atoms with Gasteiger partial charge in [0.15, 0.2) is 21.2 Å². The zero-order chi connectivity index (χ0) is 21.1. The molecule has 2 N–H and O–H groups in total. The van der Waals surface area contributed by atoms with E-state index in [0.29, 0.717) is 29.4 Å². The second-order valence-electron chi connectivity index (χ2n) is 6.73. The molecule has 0 radical (unpaired) electrons. The second kappa shape index (κ2) is 7.96. The van der Waals surface area contributed by atoms with Crippen molar-refractivity contribution in [1.82, 2.24) is 14.6 Å². The van der Waals surface area contributed by atoms with Crippen molar-refractivity contribution < 1.29 is 13.2 Å². The van der Waals surface area contributed by atoms with Crippen molar-refractivity contribution in [1.29, 1.82) is 0 Å². The third-order valence-corrected chi connectivity index (χ3v) is 5.54. The summed E-state index contributed by atoms with van der Waals surface area (Å²) in [4.78, 5) is 17.1. The first-order valence-corrected chi connectivity index (χ1v) is 11.0. The lowest BCUT2D eigenvalue weighted by Gasteiger charge is -2.08. The normalized spacial score (nSPS) is 11.4. The molecule has 4 rings (SSSR count). The number of imidazole rings is 1. The van der Waals surface area contributed by atoms with Crippen LogP contribution in [0.25, 0.3) is 5.65 Å². The van der Waals surface area contributed by atoms with E-state index in [0.717, 1.165) is 5.56 Å². The van der Waals surface area contributed by atoms with Gasteiger partial charge < -0.3 is 10.6 Å². The van der Waals surface area contributed by atoms with Crippen LogP contribution in [0.2, 0.25) is 0 Å². The van der Waals surface area contributed by atoms with Gasteiger partial charge in [-0.2, -0.15) is 0 Å². The van der Waals surface area contributed by atoms with Gasteiger partial charge in [-0.05, 0) is 42.0 Å². The molecule has 0 saturated heterocycles. The Labute approximate surface area is 173 Å². The Morgan fingerprint density at radius 1 is 1.03 bits per heavy atom. The number of anilines is 2. The molecular formula is C21H19N5O3S. The molecule has 0 saturated carbocycles. The largest absolute Gasteiger partial charge is 0.365 e. The molecule has 0 bridgehead atoms. The molecule has 0 spiro atoms. The van der Waals surface area contributed by atoms with E-state index in [1.807, 2.05) is 24.3 Å². The molecular weight excluding hydrogens is 402 g/mol. The van der Waals surface area contributed by atoms with Gasteiger partial charge in [-0.1, -0.05) is 30.3 Å². The first-order chi connectivity index (χ1) is 14.4. The van der Waals surface area contributed by atoms with Gasteiger partial charge in [0.25, 0.3) is 5.91 Å². The number of carbonyl (C=O) groups is 1. The lowest BCUT2D eigenvalue weighted by Crippen LogP contribution is -2.15. The van der Waals surface area contributed by atoms with Gasteiger partial charge >= 0.3 is 0 Å². The number of aromatic nitrogens is 3. The Morgan fingerprint density at radius 2 is 1.83 bits per heavy atom. The average molecular weight is 421 g/mol. The van der Waals surface area contributed by atoms with Crippen molar-refractivity contribution in [2.24, 2.45) is 0 Å². The van der Waals surface area contributed by atoms with Crippen molar-refractivity contribution in [3.05, 3.63) is 84.2 Å². The quantitative estimate of drug-likeness (QED) is 0.496. The van der Waals surface area contributed by atoms with E-state index in [1.165, 1.54) is 17.0 Å². The summed E-state index contributed by atoms with van der Waals surface area (Å²) in [6.45, 7) is 0.377. The second-order valence-corrected chi connectivity index (χ2v) is 8.74. The van der Waals surface area contributed by atoms with Gasteiger partial charge in [0, 0.05) is 18.5 Å². The molecule has 2 aromatic heterocycles. The molecule has 2 heterocycles. The lowest BCUT2D eigenvalue weighted by atomic mass is 10.2. The number of nitrogens with one attached hydrogen (secondary N) is 2. The monoisotopic (exact) mass is 421 g/mol. The molecule has 9 heteroatoms. The molecule has 0 aliphatic carbocycles. The predicted octanol–water partition coefficient (Wildman–Crippen LogP) is 3.00. The van der Waals surface area contributed by atoms with Crippen LogP contribution >= 0.6 is 0 Å². The Morgan fingerprint density at radius 3 is 2.60 bits per heavy atom. The van der Waals surface area contributed by atoms with Crippen molar-refractivity contribution in [2.45, 2.75) is 11.4 Å². The smallest absolute Gasteiger partial charge is 0.276 e. The van der Waals surface area contributed by atoms with Gasteiger partial charge in [0.1, 0.15) is 5.82 Å². The van der Waals surface area contributed by atoms with Crippen LogP contribution in [0, 0.1) is 0 Å². The zero-order valence-electron chi connectivity index (χ0n) is 16.1. The van der Waals surface area contributed by atoms with Gasteiger partial charge in [-0.15, -0.1) is 5.10 Å². The molecule has 0 unspecified atom stereocenters. The maximum atomic E-state index is 12.6. The average Bonchev–Trinajstić information content (AvgIpc) is 3.16. The van der Waals surface area contributed by atoms with E-state index >= 15 is 0 Å². The van der Waals surface area contributed by atoms with Crippen LogP contribution in [0.4, 0.5) is 11.5 Å². The zero-order valence-corrected chi connectivity index (χ0v) is 16.9. The number of para-hydroxylation sites is 1. The first kappa shape index (κ1) is 19.6. The molecule has 152 valence electrons. The summed E-state index contributed by atoms with van der Waals surface area (Å²) in [7, 11) is -3.27. The Kier molecular flexibility index (Phi) is 5.20. The van der Waals surface area contributed by atoms with Crippen molar-refractivity contribution >= 4 is 32.9 Å². The molecule has 30 heavy (non-hydrogen) atoms. The van der Waals surface area contributed by atoms with Crippen LogP contribution in [0.15, 0.2) is 77.8 Å². The summed E-state index contributed by atoms with van der Waals surface area (Å²) < 4.78 is 24.9. The highest BCUT2D eigenvalue weighted by atomic mass is 32.2.